The lowest BCUT2D eigenvalue weighted by Crippen LogP contribution is -2.69. The number of anilines is 2. The lowest BCUT2D eigenvalue weighted by molar-refractivity contribution is -0.141. The van der Waals surface area contributed by atoms with Crippen molar-refractivity contribution in [2.75, 3.05) is 22.9 Å². The zero-order valence-corrected chi connectivity index (χ0v) is 14.4. The first kappa shape index (κ1) is 17.1. The smallest absolute Gasteiger partial charge is 0.365 e. The molecule has 5 heterocycles. The number of aryl methyl sites for hydroxylation is 1. The maximum atomic E-state index is 12.9. The van der Waals surface area contributed by atoms with Crippen molar-refractivity contribution in [3.63, 3.8) is 0 Å². The van der Waals surface area contributed by atoms with Crippen LogP contribution in [-0.2, 0) is 13.2 Å². The van der Waals surface area contributed by atoms with E-state index in [9.17, 15) is 18.0 Å². The van der Waals surface area contributed by atoms with Crippen LogP contribution in [0.25, 0.3) is 0 Å². The van der Waals surface area contributed by atoms with Gasteiger partial charge in [-0.2, -0.15) is 18.3 Å². The Bertz CT molecular complexity index is 905. The number of fused-ring (bicyclic) bond motifs is 2. The van der Waals surface area contributed by atoms with E-state index in [-0.39, 0.29) is 28.5 Å². The number of nitrogens with zero attached hydrogens (tertiary/aromatic N) is 6. The van der Waals surface area contributed by atoms with E-state index in [4.69, 9.17) is 11.6 Å². The summed E-state index contributed by atoms with van der Waals surface area (Å²) in [7, 11) is 1.51. The normalized spacial score (nSPS) is 22.3. The molecular weight excluding hydrogens is 373 g/mol. The first-order valence-corrected chi connectivity index (χ1v) is 8.28. The third-order valence-corrected chi connectivity index (χ3v) is 5.16. The molecule has 11 heteroatoms. The molecule has 2 bridgehead atoms. The molecule has 2 aromatic heterocycles. The highest BCUT2D eigenvalue weighted by molar-refractivity contribution is 6.33. The second-order valence-corrected chi connectivity index (χ2v) is 6.77. The minimum Gasteiger partial charge on any atom is -0.365 e. The van der Waals surface area contributed by atoms with Crippen molar-refractivity contribution in [1.82, 2.24) is 19.7 Å². The molecule has 5 rings (SSSR count). The summed E-state index contributed by atoms with van der Waals surface area (Å²) >= 11 is 6.14. The Balaban J connectivity index is 1.57. The number of piperidine rings is 1. The number of hydrogen-bond acceptors (Lipinski definition) is 6. The molecule has 3 aliphatic rings. The van der Waals surface area contributed by atoms with E-state index in [0.717, 1.165) is 23.5 Å². The van der Waals surface area contributed by atoms with E-state index < -0.39 is 11.9 Å². The number of rotatable bonds is 2. The van der Waals surface area contributed by atoms with E-state index >= 15 is 0 Å². The molecule has 2 aromatic rings. The van der Waals surface area contributed by atoms with Crippen molar-refractivity contribution in [2.45, 2.75) is 24.7 Å². The topological polar surface area (TPSA) is 67.2 Å². The molecule has 0 aliphatic carbocycles. The minimum absolute atomic E-state index is 0.00939. The second-order valence-electron chi connectivity index (χ2n) is 6.39. The highest BCUT2D eigenvalue weighted by atomic mass is 35.5. The van der Waals surface area contributed by atoms with Crippen LogP contribution in [-0.4, -0.2) is 44.9 Å². The number of alkyl halides is 3. The molecule has 2 atom stereocenters. The Morgan fingerprint density at radius 1 is 1.23 bits per heavy atom. The van der Waals surface area contributed by atoms with Gasteiger partial charge in [-0.15, -0.1) is 0 Å². The lowest BCUT2D eigenvalue weighted by atomic mass is 9.87. The molecule has 0 saturated carbocycles. The first-order valence-electron chi connectivity index (χ1n) is 7.90. The van der Waals surface area contributed by atoms with Gasteiger partial charge < -0.3 is 9.80 Å². The van der Waals surface area contributed by atoms with Crippen molar-refractivity contribution in [2.24, 2.45) is 7.05 Å². The van der Waals surface area contributed by atoms with Gasteiger partial charge in [0, 0.05) is 26.2 Å². The van der Waals surface area contributed by atoms with Gasteiger partial charge in [0.25, 0.3) is 5.56 Å². The Kier molecular flexibility index (Phi) is 3.83. The van der Waals surface area contributed by atoms with Gasteiger partial charge in [-0.3, -0.25) is 4.79 Å². The molecule has 0 spiro atoms. The van der Waals surface area contributed by atoms with E-state index in [1.807, 2.05) is 9.80 Å². The van der Waals surface area contributed by atoms with Crippen LogP contribution in [0.15, 0.2) is 23.4 Å². The average molecular weight is 387 g/mol. The van der Waals surface area contributed by atoms with Crippen LogP contribution >= 0.6 is 11.6 Å². The zero-order chi connectivity index (χ0) is 18.6. The summed E-state index contributed by atoms with van der Waals surface area (Å²) < 4.78 is 39.8. The zero-order valence-electron chi connectivity index (χ0n) is 13.6. The molecule has 3 saturated heterocycles. The van der Waals surface area contributed by atoms with Gasteiger partial charge in [-0.05, 0) is 6.42 Å². The Morgan fingerprint density at radius 2 is 1.92 bits per heavy atom. The van der Waals surface area contributed by atoms with E-state index in [2.05, 4.69) is 15.1 Å². The molecule has 0 amide bonds. The van der Waals surface area contributed by atoms with Gasteiger partial charge in [-0.25, -0.2) is 14.6 Å². The van der Waals surface area contributed by atoms with Crippen LogP contribution in [0.5, 0.6) is 0 Å². The predicted molar refractivity (Wildman–Crippen MR) is 88.4 cm³/mol. The number of halogens is 4. The fraction of sp³-hybridized carbons (Fsp3) is 0.467. The molecule has 0 N–H and O–H groups in total. The van der Waals surface area contributed by atoms with Crippen molar-refractivity contribution in [3.8, 4) is 0 Å². The van der Waals surface area contributed by atoms with Gasteiger partial charge >= 0.3 is 6.18 Å². The van der Waals surface area contributed by atoms with Gasteiger partial charge in [-0.1, -0.05) is 11.6 Å². The Hall–Kier alpha value is -2.36. The monoisotopic (exact) mass is 386 g/mol. The summed E-state index contributed by atoms with van der Waals surface area (Å²) in [5.74, 6) is 0.265. The number of piperazine rings is 1. The third-order valence-electron chi connectivity index (χ3n) is 4.80. The van der Waals surface area contributed by atoms with Crippen LogP contribution < -0.4 is 15.4 Å². The standard InChI is InChI=1S/C15H14ClF3N6O/c1-23-14(26)13(16)10(4-22-23)24-5-8-2-9(6-24)25(8)12-3-11(15(17,18)19)20-7-21-12/h3-4,7-9H,2,5-6H2,1H3. The summed E-state index contributed by atoms with van der Waals surface area (Å²) in [6.45, 7) is 1.05. The number of aromatic nitrogens is 4. The van der Waals surface area contributed by atoms with E-state index in [1.165, 1.54) is 13.2 Å². The van der Waals surface area contributed by atoms with Crippen molar-refractivity contribution in [3.05, 3.63) is 39.7 Å². The van der Waals surface area contributed by atoms with Gasteiger partial charge in [0.05, 0.1) is 24.0 Å². The van der Waals surface area contributed by atoms with E-state index in [1.54, 1.807) is 0 Å². The summed E-state index contributed by atoms with van der Waals surface area (Å²) in [6, 6.07) is 0.955. The maximum absolute atomic E-state index is 12.9. The fourth-order valence-electron chi connectivity index (χ4n) is 3.55. The van der Waals surface area contributed by atoms with Crippen molar-refractivity contribution in [1.29, 1.82) is 0 Å². The largest absolute Gasteiger partial charge is 0.433 e. The second kappa shape index (κ2) is 5.83. The summed E-state index contributed by atoms with van der Waals surface area (Å²) in [5.41, 5.74) is -0.795. The molecule has 0 aromatic carbocycles. The number of hydrogen-bond donors (Lipinski definition) is 0. The average Bonchev–Trinajstić information content (AvgIpc) is 2.59. The fourth-order valence-corrected chi connectivity index (χ4v) is 3.84. The highest BCUT2D eigenvalue weighted by Crippen LogP contribution is 2.39. The maximum Gasteiger partial charge on any atom is 0.433 e. The molecule has 0 radical (unpaired) electrons. The summed E-state index contributed by atoms with van der Waals surface area (Å²) in [6.07, 6.45) is -1.19. The highest BCUT2D eigenvalue weighted by Gasteiger charge is 2.46. The van der Waals surface area contributed by atoms with E-state index in [0.29, 0.717) is 18.8 Å². The SMILES string of the molecule is Cn1ncc(N2CC3CC(C2)N3c2cc(C(F)(F)F)ncn2)c(Cl)c1=O. The van der Waals surface area contributed by atoms with Crippen LogP contribution in [0, 0.1) is 0 Å². The molecule has 3 aliphatic heterocycles. The predicted octanol–water partition coefficient (Wildman–Crippen LogP) is 1.71. The quantitative estimate of drug-likeness (QED) is 0.783. The molecule has 3 fully saturated rings. The van der Waals surface area contributed by atoms with Gasteiger partial charge in [0.15, 0.2) is 0 Å². The van der Waals surface area contributed by atoms with Crippen LogP contribution in [0.3, 0.4) is 0 Å². The third kappa shape index (κ3) is 2.68. The van der Waals surface area contributed by atoms with Crippen LogP contribution in [0.2, 0.25) is 5.02 Å². The molecule has 2 unspecified atom stereocenters. The van der Waals surface area contributed by atoms with Crippen molar-refractivity contribution < 1.29 is 13.2 Å². The van der Waals surface area contributed by atoms with Gasteiger partial charge in [0.2, 0.25) is 0 Å². The first-order chi connectivity index (χ1) is 12.3. The minimum atomic E-state index is -4.51. The van der Waals surface area contributed by atoms with Crippen LogP contribution in [0.4, 0.5) is 24.7 Å². The molecule has 26 heavy (non-hydrogen) atoms. The lowest BCUT2D eigenvalue weighted by Gasteiger charge is -2.57. The molecular formula is C15H14ClF3N6O. The Morgan fingerprint density at radius 3 is 2.58 bits per heavy atom. The summed E-state index contributed by atoms with van der Waals surface area (Å²) in [4.78, 5) is 23.1. The summed E-state index contributed by atoms with van der Waals surface area (Å²) in [5, 5.41) is 4.08. The molecule has 7 nitrogen and oxygen atoms in total. The van der Waals surface area contributed by atoms with Crippen LogP contribution in [0.1, 0.15) is 12.1 Å². The van der Waals surface area contributed by atoms with Crippen molar-refractivity contribution >= 4 is 23.1 Å². The molecule has 138 valence electrons. The van der Waals surface area contributed by atoms with Gasteiger partial charge in [0.1, 0.15) is 22.9 Å². The Labute approximate surface area is 151 Å².